The highest BCUT2D eigenvalue weighted by molar-refractivity contribution is 5.84. The summed E-state index contributed by atoms with van der Waals surface area (Å²) >= 11 is 0. The van der Waals surface area contributed by atoms with Gasteiger partial charge in [0.15, 0.2) is 0 Å². The number of aliphatic hydroxyl groups excluding tert-OH is 1. The van der Waals surface area contributed by atoms with E-state index in [1.165, 1.54) is 31.3 Å². The molecule has 1 amide bonds. The average Bonchev–Trinajstić information content (AvgIpc) is 3.36. The SMILES string of the molecule is C=C(C)[C@@H]1CC[C@]2(C(=O)NCc3cccc(CN)c3)CC[C@]3(C)C(CCC4[C@@]5(C)CC[C@H](O)C(C)(C)C5CC[C@]43C)C12. The monoisotopic (exact) mass is 574 g/mol. The van der Waals surface area contributed by atoms with Crippen molar-refractivity contribution < 1.29 is 9.90 Å². The summed E-state index contributed by atoms with van der Waals surface area (Å²) in [4.78, 5) is 14.4. The van der Waals surface area contributed by atoms with Crippen LogP contribution >= 0.6 is 0 Å². The van der Waals surface area contributed by atoms with Crippen LogP contribution in [0.15, 0.2) is 36.4 Å². The molecule has 10 atom stereocenters. The zero-order chi connectivity index (χ0) is 30.3. The van der Waals surface area contributed by atoms with E-state index in [1.54, 1.807) is 0 Å². The van der Waals surface area contributed by atoms with E-state index in [1.807, 2.05) is 6.07 Å². The van der Waals surface area contributed by atoms with Gasteiger partial charge in [-0.1, -0.05) is 71.0 Å². The lowest BCUT2D eigenvalue weighted by molar-refractivity contribution is -0.246. The summed E-state index contributed by atoms with van der Waals surface area (Å²) in [5.41, 5.74) is 9.85. The van der Waals surface area contributed by atoms with Gasteiger partial charge in [-0.15, -0.1) is 0 Å². The van der Waals surface area contributed by atoms with Crippen molar-refractivity contribution in [3.05, 3.63) is 47.5 Å². The Labute approximate surface area is 255 Å². The lowest BCUT2D eigenvalue weighted by atomic mass is 9.32. The van der Waals surface area contributed by atoms with Gasteiger partial charge in [-0.3, -0.25) is 4.79 Å². The molecule has 5 fully saturated rings. The number of aliphatic hydroxyl groups is 1. The van der Waals surface area contributed by atoms with E-state index in [0.717, 1.165) is 49.7 Å². The lowest BCUT2D eigenvalue weighted by Crippen LogP contribution is -2.67. The van der Waals surface area contributed by atoms with Crippen LogP contribution in [0.2, 0.25) is 0 Å². The fraction of sp³-hybridized carbons (Fsp3) is 0.763. The molecule has 232 valence electrons. The van der Waals surface area contributed by atoms with Crippen molar-refractivity contribution in [2.24, 2.45) is 62.4 Å². The zero-order valence-electron chi connectivity index (χ0n) is 27.4. The Morgan fingerprint density at radius 1 is 0.929 bits per heavy atom. The first kappa shape index (κ1) is 30.4. The van der Waals surface area contributed by atoms with Crippen LogP contribution in [0.25, 0.3) is 0 Å². The van der Waals surface area contributed by atoms with Crippen molar-refractivity contribution in [3.63, 3.8) is 0 Å². The van der Waals surface area contributed by atoms with Crippen LogP contribution in [0.1, 0.15) is 117 Å². The van der Waals surface area contributed by atoms with Crippen molar-refractivity contribution in [1.29, 1.82) is 0 Å². The molecule has 0 bridgehead atoms. The first-order chi connectivity index (χ1) is 19.7. The lowest BCUT2D eigenvalue weighted by Gasteiger charge is -2.72. The van der Waals surface area contributed by atoms with Gasteiger partial charge in [0.25, 0.3) is 0 Å². The van der Waals surface area contributed by atoms with Crippen molar-refractivity contribution in [2.75, 3.05) is 0 Å². The zero-order valence-corrected chi connectivity index (χ0v) is 27.4. The molecular weight excluding hydrogens is 516 g/mol. The van der Waals surface area contributed by atoms with Crippen molar-refractivity contribution in [1.82, 2.24) is 5.32 Å². The van der Waals surface area contributed by atoms with Crippen molar-refractivity contribution in [3.8, 4) is 0 Å². The van der Waals surface area contributed by atoms with Crippen LogP contribution in [0, 0.1) is 56.7 Å². The number of allylic oxidation sites excluding steroid dienone is 1. The van der Waals surface area contributed by atoms with E-state index in [-0.39, 0.29) is 39.1 Å². The quantitative estimate of drug-likeness (QED) is 0.314. The smallest absolute Gasteiger partial charge is 0.226 e. The number of nitrogens with one attached hydrogen (secondary N) is 1. The fourth-order valence-corrected chi connectivity index (χ4v) is 12.7. The van der Waals surface area contributed by atoms with Crippen LogP contribution in [0.5, 0.6) is 0 Å². The van der Waals surface area contributed by atoms with Gasteiger partial charge in [0, 0.05) is 13.1 Å². The number of fused-ring (bicyclic) bond motifs is 7. The molecule has 4 unspecified atom stereocenters. The second kappa shape index (κ2) is 10.2. The Hall–Kier alpha value is -1.65. The first-order valence-electron chi connectivity index (χ1n) is 17.1. The largest absolute Gasteiger partial charge is 0.393 e. The second-order valence-corrected chi connectivity index (χ2v) is 16.9. The average molecular weight is 575 g/mol. The van der Waals surface area contributed by atoms with Crippen LogP contribution in [0.3, 0.4) is 0 Å². The number of carbonyl (C=O) groups excluding carboxylic acids is 1. The number of hydrogen-bond acceptors (Lipinski definition) is 3. The highest BCUT2D eigenvalue weighted by Gasteiger charge is 2.71. The summed E-state index contributed by atoms with van der Waals surface area (Å²) in [6, 6.07) is 8.33. The minimum atomic E-state index is -0.291. The maximum absolute atomic E-state index is 14.4. The van der Waals surface area contributed by atoms with Gasteiger partial charge < -0.3 is 16.2 Å². The maximum Gasteiger partial charge on any atom is 0.226 e. The minimum Gasteiger partial charge on any atom is -0.393 e. The third-order valence-electron chi connectivity index (χ3n) is 15.2. The molecule has 4 nitrogen and oxygen atoms in total. The van der Waals surface area contributed by atoms with Gasteiger partial charge >= 0.3 is 0 Å². The number of hydrogen-bond donors (Lipinski definition) is 3. The fourth-order valence-electron chi connectivity index (χ4n) is 12.7. The molecule has 6 rings (SSSR count). The molecule has 42 heavy (non-hydrogen) atoms. The van der Waals surface area contributed by atoms with Crippen molar-refractivity contribution in [2.45, 2.75) is 125 Å². The van der Waals surface area contributed by atoms with Crippen LogP contribution in [-0.2, 0) is 17.9 Å². The number of amides is 1. The van der Waals surface area contributed by atoms with Crippen LogP contribution in [0.4, 0.5) is 0 Å². The topological polar surface area (TPSA) is 75.4 Å². The van der Waals surface area contributed by atoms with E-state index in [0.29, 0.717) is 42.7 Å². The Bertz CT molecular complexity index is 1240. The Balaban J connectivity index is 1.32. The third kappa shape index (κ3) is 4.09. The second-order valence-electron chi connectivity index (χ2n) is 16.9. The summed E-state index contributed by atoms with van der Waals surface area (Å²) < 4.78 is 0. The maximum atomic E-state index is 14.4. The standard InChI is InChI=1S/C38H58N2O2/c1-24(2)27-13-18-38(33(42)40-23-26-10-8-9-25(21-26)22-39)20-19-36(6)28(32(27)38)11-12-30-35(5)16-15-31(41)34(3,4)29(35)14-17-37(30,36)7/h8-10,21,27-32,41H,1,11-20,22-23,39H2,2-7H3,(H,40,42)/t27-,28?,29?,30?,31-,32?,35-,36+,37+,38-/m0/s1. The highest BCUT2D eigenvalue weighted by Crippen LogP contribution is 2.77. The molecule has 4 N–H and O–H groups in total. The number of benzene rings is 1. The molecule has 0 heterocycles. The molecule has 0 saturated heterocycles. The molecule has 4 heteroatoms. The van der Waals surface area contributed by atoms with Crippen LogP contribution < -0.4 is 11.1 Å². The van der Waals surface area contributed by atoms with Gasteiger partial charge in [0.1, 0.15) is 0 Å². The molecule has 1 aromatic carbocycles. The van der Waals surface area contributed by atoms with Crippen LogP contribution in [-0.4, -0.2) is 17.1 Å². The number of rotatable bonds is 5. The Morgan fingerprint density at radius 2 is 1.67 bits per heavy atom. The van der Waals surface area contributed by atoms with E-state index in [4.69, 9.17) is 5.73 Å². The molecule has 0 spiro atoms. The Morgan fingerprint density at radius 3 is 2.38 bits per heavy atom. The van der Waals surface area contributed by atoms with Gasteiger partial charge in [-0.05, 0) is 134 Å². The first-order valence-corrected chi connectivity index (χ1v) is 17.1. The van der Waals surface area contributed by atoms with E-state index in [9.17, 15) is 9.90 Å². The molecule has 5 aliphatic rings. The molecule has 0 radical (unpaired) electrons. The molecular formula is C38H58N2O2. The normalized spacial score (nSPS) is 45.6. The molecule has 0 aromatic heterocycles. The van der Waals surface area contributed by atoms with Gasteiger partial charge in [-0.2, -0.15) is 0 Å². The van der Waals surface area contributed by atoms with Crippen molar-refractivity contribution >= 4 is 5.91 Å². The predicted molar refractivity (Wildman–Crippen MR) is 171 cm³/mol. The van der Waals surface area contributed by atoms with E-state index in [2.05, 4.69) is 71.6 Å². The van der Waals surface area contributed by atoms with E-state index < -0.39 is 0 Å². The number of nitrogens with two attached hydrogens (primary N) is 1. The van der Waals surface area contributed by atoms with Gasteiger partial charge in [0.05, 0.1) is 11.5 Å². The third-order valence-corrected chi connectivity index (χ3v) is 15.2. The summed E-state index contributed by atoms with van der Waals surface area (Å²) in [5.74, 6) is 2.88. The van der Waals surface area contributed by atoms with Gasteiger partial charge in [-0.25, -0.2) is 0 Å². The van der Waals surface area contributed by atoms with Gasteiger partial charge in [0.2, 0.25) is 5.91 Å². The summed E-state index contributed by atoms with van der Waals surface area (Å²) in [5, 5.41) is 14.5. The predicted octanol–water partition coefficient (Wildman–Crippen LogP) is 7.78. The summed E-state index contributed by atoms with van der Waals surface area (Å²) in [6.07, 6.45) is 11.1. The number of carbonyl (C=O) groups is 1. The summed E-state index contributed by atoms with van der Waals surface area (Å²) in [6.45, 7) is 20.4. The summed E-state index contributed by atoms with van der Waals surface area (Å²) in [7, 11) is 0. The van der Waals surface area contributed by atoms with E-state index >= 15 is 0 Å². The minimum absolute atomic E-state index is 0.0218. The molecule has 5 aliphatic carbocycles. The molecule has 1 aromatic rings. The highest BCUT2D eigenvalue weighted by atomic mass is 16.3. The molecule has 0 aliphatic heterocycles. The molecule has 5 saturated carbocycles. The Kier molecular flexibility index (Phi) is 7.37.